The van der Waals surface area contributed by atoms with Crippen molar-refractivity contribution in [2.75, 3.05) is 6.61 Å². The Bertz CT molecular complexity index is 937. The van der Waals surface area contributed by atoms with Crippen molar-refractivity contribution in [1.82, 2.24) is 15.2 Å². The van der Waals surface area contributed by atoms with Crippen LogP contribution < -0.4 is 0 Å². The molecule has 3 heterocycles. The van der Waals surface area contributed by atoms with E-state index in [9.17, 15) is 10.2 Å². The van der Waals surface area contributed by atoms with E-state index in [1.807, 2.05) is 36.4 Å². The lowest BCUT2D eigenvalue weighted by Crippen LogP contribution is -2.33. The molecule has 3 aromatic rings. The van der Waals surface area contributed by atoms with E-state index in [4.69, 9.17) is 16.3 Å². The summed E-state index contributed by atoms with van der Waals surface area (Å²) >= 11 is 7.90. The first-order chi connectivity index (χ1) is 13.6. The summed E-state index contributed by atoms with van der Waals surface area (Å²) in [5.74, 6) is 0. The van der Waals surface area contributed by atoms with Crippen LogP contribution in [0, 0.1) is 0 Å². The Morgan fingerprint density at radius 2 is 2.07 bits per heavy atom. The fourth-order valence-electron chi connectivity index (χ4n) is 3.33. The van der Waals surface area contributed by atoms with Crippen LogP contribution in [-0.4, -0.2) is 44.2 Å². The van der Waals surface area contributed by atoms with Crippen LogP contribution in [0.25, 0.3) is 10.7 Å². The highest BCUT2D eigenvalue weighted by Crippen LogP contribution is 2.34. The second-order valence-corrected chi connectivity index (χ2v) is 8.27. The fourth-order valence-corrected chi connectivity index (χ4v) is 4.36. The number of aromatic nitrogens is 3. The Morgan fingerprint density at radius 1 is 1.18 bits per heavy atom. The molecule has 4 rings (SSSR count). The molecule has 0 amide bonds. The second-order valence-electron chi connectivity index (χ2n) is 6.80. The molecule has 1 fully saturated rings. The number of benzene rings is 1. The first-order valence-corrected chi connectivity index (χ1v) is 10.3. The van der Waals surface area contributed by atoms with Crippen LogP contribution in [0.1, 0.15) is 35.1 Å². The molecule has 28 heavy (non-hydrogen) atoms. The van der Waals surface area contributed by atoms with Gasteiger partial charge in [0.15, 0.2) is 5.01 Å². The van der Waals surface area contributed by atoms with Gasteiger partial charge in [-0.05, 0) is 29.3 Å². The molecular weight excluding hydrogens is 398 g/mol. The largest absolute Gasteiger partial charge is 0.394 e. The maximum Gasteiger partial charge on any atom is 0.166 e. The van der Waals surface area contributed by atoms with E-state index in [1.54, 1.807) is 6.20 Å². The average molecular weight is 418 g/mol. The number of rotatable bonds is 5. The molecule has 0 saturated carbocycles. The van der Waals surface area contributed by atoms with Crippen LogP contribution in [0.2, 0.25) is 5.02 Å². The van der Waals surface area contributed by atoms with Crippen LogP contribution >= 0.6 is 22.9 Å². The minimum Gasteiger partial charge on any atom is -0.394 e. The van der Waals surface area contributed by atoms with Gasteiger partial charge in [-0.3, -0.25) is 4.98 Å². The van der Waals surface area contributed by atoms with Crippen molar-refractivity contribution in [3.63, 3.8) is 0 Å². The summed E-state index contributed by atoms with van der Waals surface area (Å²) < 4.78 is 5.91. The lowest BCUT2D eigenvalue weighted by molar-refractivity contribution is -0.113. The predicted octanol–water partition coefficient (Wildman–Crippen LogP) is 3.42. The van der Waals surface area contributed by atoms with Crippen molar-refractivity contribution in [2.24, 2.45) is 0 Å². The summed E-state index contributed by atoms with van der Waals surface area (Å²) in [6.45, 7) is -0.102. The highest BCUT2D eigenvalue weighted by atomic mass is 35.5. The van der Waals surface area contributed by atoms with Gasteiger partial charge in [-0.2, -0.15) is 0 Å². The molecule has 0 radical (unpaired) electrons. The number of pyridine rings is 1. The van der Waals surface area contributed by atoms with Gasteiger partial charge in [0.05, 0.1) is 24.9 Å². The monoisotopic (exact) mass is 417 g/mol. The second kappa shape index (κ2) is 8.63. The molecule has 6 nitrogen and oxygen atoms in total. The maximum atomic E-state index is 10.1. The zero-order valence-corrected chi connectivity index (χ0v) is 16.6. The van der Waals surface area contributed by atoms with Crippen molar-refractivity contribution < 1.29 is 14.9 Å². The normalized spacial score (nSPS) is 22.3. The quantitative estimate of drug-likeness (QED) is 0.661. The number of hydrogen-bond donors (Lipinski definition) is 2. The van der Waals surface area contributed by atoms with E-state index in [0.717, 1.165) is 26.8 Å². The van der Waals surface area contributed by atoms with Gasteiger partial charge < -0.3 is 14.9 Å². The highest BCUT2D eigenvalue weighted by Gasteiger charge is 2.29. The van der Waals surface area contributed by atoms with E-state index in [0.29, 0.717) is 24.3 Å². The molecule has 0 aliphatic carbocycles. The zero-order valence-electron chi connectivity index (χ0n) is 15.0. The van der Waals surface area contributed by atoms with Gasteiger partial charge in [-0.15, -0.1) is 10.2 Å². The van der Waals surface area contributed by atoms with E-state index < -0.39 is 6.10 Å². The first kappa shape index (κ1) is 19.4. The summed E-state index contributed by atoms with van der Waals surface area (Å²) in [6.07, 6.45) is 2.13. The number of aliphatic hydroxyl groups is 2. The van der Waals surface area contributed by atoms with E-state index in [1.165, 1.54) is 11.3 Å². The minimum atomic E-state index is -0.487. The molecule has 3 unspecified atom stereocenters. The predicted molar refractivity (Wildman–Crippen MR) is 107 cm³/mol. The van der Waals surface area contributed by atoms with Gasteiger partial charge in [0.1, 0.15) is 10.7 Å². The number of nitrogens with zero attached hydrogens (tertiary/aromatic N) is 3. The van der Waals surface area contributed by atoms with Crippen molar-refractivity contribution >= 4 is 22.9 Å². The molecule has 1 saturated heterocycles. The zero-order chi connectivity index (χ0) is 19.5. The summed E-state index contributed by atoms with van der Waals surface area (Å²) in [6, 6.07) is 11.4. The van der Waals surface area contributed by atoms with Gasteiger partial charge >= 0.3 is 0 Å². The molecule has 146 valence electrons. The summed E-state index contributed by atoms with van der Waals surface area (Å²) in [4.78, 5) is 4.31. The molecule has 0 spiro atoms. The third kappa shape index (κ3) is 4.39. The maximum absolute atomic E-state index is 10.1. The molecular formula is C20H20ClN3O3S. The van der Waals surface area contributed by atoms with Gasteiger partial charge in [0.2, 0.25) is 0 Å². The molecule has 3 atom stereocenters. The third-order valence-corrected chi connectivity index (χ3v) is 6.03. The highest BCUT2D eigenvalue weighted by molar-refractivity contribution is 7.14. The van der Waals surface area contributed by atoms with E-state index in [-0.39, 0.29) is 18.8 Å². The third-order valence-electron chi connectivity index (χ3n) is 4.72. The molecule has 2 N–H and O–H groups in total. The number of ether oxygens (including phenoxy) is 1. The Morgan fingerprint density at radius 3 is 2.86 bits per heavy atom. The van der Waals surface area contributed by atoms with Crippen LogP contribution in [0.3, 0.4) is 0 Å². The van der Waals surface area contributed by atoms with E-state index in [2.05, 4.69) is 15.2 Å². The van der Waals surface area contributed by atoms with Gasteiger partial charge in [-0.1, -0.05) is 41.1 Å². The Kier molecular flexibility index (Phi) is 5.99. The molecule has 1 aliphatic rings. The first-order valence-electron chi connectivity index (χ1n) is 9.09. The Hall–Kier alpha value is -1.90. The van der Waals surface area contributed by atoms with Crippen LogP contribution in [0.5, 0.6) is 0 Å². The van der Waals surface area contributed by atoms with Crippen molar-refractivity contribution in [2.45, 2.75) is 37.6 Å². The van der Waals surface area contributed by atoms with Crippen molar-refractivity contribution in [1.29, 1.82) is 0 Å². The van der Waals surface area contributed by atoms with E-state index >= 15 is 0 Å². The Labute approximate surface area is 171 Å². The topological polar surface area (TPSA) is 88.4 Å². The standard InChI is InChI=1S/C20H20ClN3O3S/c21-16-5-4-12(18-10-14(26)9-15(11-25)27-18)7-13(16)8-19-23-24-20(28-19)17-3-1-2-6-22-17/h1-7,14-15,18,25-26H,8-11H2. The van der Waals surface area contributed by atoms with Gasteiger partial charge in [-0.25, -0.2) is 0 Å². The molecule has 1 aromatic carbocycles. The molecule has 0 bridgehead atoms. The smallest absolute Gasteiger partial charge is 0.166 e. The number of hydrogen-bond acceptors (Lipinski definition) is 7. The molecule has 2 aromatic heterocycles. The Balaban J connectivity index is 1.54. The summed E-state index contributed by atoms with van der Waals surface area (Å²) in [5, 5.41) is 30.2. The van der Waals surface area contributed by atoms with Crippen LogP contribution in [0.15, 0.2) is 42.6 Å². The van der Waals surface area contributed by atoms with Crippen LogP contribution in [-0.2, 0) is 11.2 Å². The minimum absolute atomic E-state index is 0.102. The van der Waals surface area contributed by atoms with Gasteiger partial charge in [0.25, 0.3) is 0 Å². The summed E-state index contributed by atoms with van der Waals surface area (Å²) in [5.41, 5.74) is 2.66. The number of aliphatic hydroxyl groups excluding tert-OH is 2. The lowest BCUT2D eigenvalue weighted by Gasteiger charge is -2.32. The lowest BCUT2D eigenvalue weighted by atomic mass is 9.95. The van der Waals surface area contributed by atoms with Crippen molar-refractivity contribution in [3.8, 4) is 10.7 Å². The molecule has 8 heteroatoms. The van der Waals surface area contributed by atoms with Gasteiger partial charge in [0, 0.05) is 30.5 Å². The van der Waals surface area contributed by atoms with Crippen LogP contribution in [0.4, 0.5) is 0 Å². The molecule has 1 aliphatic heterocycles. The average Bonchev–Trinajstić information content (AvgIpc) is 3.18. The number of halogens is 1. The van der Waals surface area contributed by atoms with Crippen molar-refractivity contribution in [3.05, 3.63) is 63.8 Å². The summed E-state index contributed by atoms with van der Waals surface area (Å²) in [7, 11) is 0. The fraction of sp³-hybridized carbons (Fsp3) is 0.350. The SMILES string of the molecule is OCC1CC(O)CC(c2ccc(Cl)c(Cc3nnc(-c4ccccn4)s3)c2)O1.